The molecule has 0 aromatic rings. The van der Waals surface area contributed by atoms with E-state index >= 15 is 0 Å². The fourth-order valence-corrected chi connectivity index (χ4v) is 6.71. The van der Waals surface area contributed by atoms with Crippen molar-refractivity contribution in [1.82, 2.24) is 0 Å². The summed E-state index contributed by atoms with van der Waals surface area (Å²) in [6, 6.07) is 0. The van der Waals surface area contributed by atoms with Gasteiger partial charge in [0.1, 0.15) is 6.10 Å². The number of methoxy groups -OCH3 is 1. The molecule has 0 radical (unpaired) electrons. The number of esters is 2. The number of carbonyl (C=O) groups excluding carboxylic acids is 2. The summed E-state index contributed by atoms with van der Waals surface area (Å²) in [7, 11) is 1.42. The van der Waals surface area contributed by atoms with Crippen LogP contribution in [0, 0.1) is 28.6 Å². The maximum Gasteiger partial charge on any atom is 0.305 e. The van der Waals surface area contributed by atoms with Crippen molar-refractivity contribution in [1.29, 1.82) is 0 Å². The van der Waals surface area contributed by atoms with Gasteiger partial charge in [-0.25, -0.2) is 0 Å². The largest absolute Gasteiger partial charge is 0.469 e. The highest BCUT2D eigenvalue weighted by Crippen LogP contribution is 2.63. The summed E-state index contributed by atoms with van der Waals surface area (Å²) in [4.78, 5) is 23.4. The zero-order valence-electron chi connectivity index (χ0n) is 18.8. The zero-order valence-corrected chi connectivity index (χ0v) is 18.8. The quantitative estimate of drug-likeness (QED) is 0.669. The average Bonchev–Trinajstić information content (AvgIpc) is 2.51. The molecular weight excluding hydrogens is 356 g/mol. The highest BCUT2D eigenvalue weighted by atomic mass is 16.5. The van der Waals surface area contributed by atoms with Crippen molar-refractivity contribution >= 4 is 11.9 Å². The molecule has 0 spiro atoms. The summed E-state index contributed by atoms with van der Waals surface area (Å²) in [5.74, 6) is 0.0961. The van der Waals surface area contributed by atoms with Gasteiger partial charge in [-0.15, -0.1) is 0 Å². The van der Waals surface area contributed by atoms with E-state index in [-0.39, 0.29) is 46.6 Å². The summed E-state index contributed by atoms with van der Waals surface area (Å²) < 4.78 is 10.6. The number of hydrogen-bond donors (Lipinski definition) is 1. The maximum absolute atomic E-state index is 11.8. The Morgan fingerprint density at radius 1 is 1.18 bits per heavy atom. The summed E-state index contributed by atoms with van der Waals surface area (Å²) in [6.45, 7) is 12.3. The van der Waals surface area contributed by atoms with Crippen molar-refractivity contribution in [3.63, 3.8) is 0 Å². The highest BCUT2D eigenvalue weighted by molar-refractivity contribution is 5.69. The van der Waals surface area contributed by atoms with Gasteiger partial charge in [-0.3, -0.25) is 9.59 Å². The third-order valence-corrected chi connectivity index (χ3v) is 7.63. The molecular formula is C23H40O5. The number of ether oxygens (including phenoxy) is 2. The van der Waals surface area contributed by atoms with Crippen LogP contribution in [0.1, 0.15) is 86.5 Å². The van der Waals surface area contributed by atoms with E-state index in [0.29, 0.717) is 12.8 Å². The minimum Gasteiger partial charge on any atom is -0.469 e. The van der Waals surface area contributed by atoms with Crippen molar-refractivity contribution in [2.75, 3.05) is 7.11 Å². The highest BCUT2D eigenvalue weighted by Gasteiger charge is 2.62. The van der Waals surface area contributed by atoms with E-state index in [1.54, 1.807) is 0 Å². The van der Waals surface area contributed by atoms with Crippen LogP contribution in [0.3, 0.4) is 0 Å². The molecule has 2 aliphatic rings. The standard InChI is InChI=1S/C23H40O5/c1-15(13-19(25)27-7)9-10-18-22(5)12-8-11-21(3,4)20(22)17(28-16(2)24)14-23(18,6)26/h15,17-18,20,26H,8-14H2,1-7H3/t15-,17+,18+,20-,22+,23+/m0/s1. The van der Waals surface area contributed by atoms with Crippen LogP contribution < -0.4 is 0 Å². The second-order valence-electron chi connectivity index (χ2n) is 10.6. The van der Waals surface area contributed by atoms with Gasteiger partial charge in [0.15, 0.2) is 0 Å². The molecule has 0 bridgehead atoms. The number of carbonyl (C=O) groups is 2. The molecule has 0 unspecified atom stereocenters. The topological polar surface area (TPSA) is 72.8 Å². The lowest BCUT2D eigenvalue weighted by Crippen LogP contribution is -2.63. The first-order valence-electron chi connectivity index (χ1n) is 10.8. The molecule has 2 saturated carbocycles. The molecule has 5 nitrogen and oxygen atoms in total. The van der Waals surface area contributed by atoms with Crippen molar-refractivity contribution in [2.24, 2.45) is 28.6 Å². The molecule has 2 aliphatic carbocycles. The van der Waals surface area contributed by atoms with Crippen molar-refractivity contribution < 1.29 is 24.2 Å². The smallest absolute Gasteiger partial charge is 0.305 e. The predicted octanol–water partition coefficient (Wildman–Crippen LogP) is 4.50. The SMILES string of the molecule is COC(=O)C[C@@H](C)CC[C@@H]1[C@@]2(C)CCCC(C)(C)[C@@H]2[C@H](OC(C)=O)C[C@@]1(C)O. The molecule has 0 amide bonds. The third kappa shape index (κ3) is 4.72. The van der Waals surface area contributed by atoms with Gasteiger partial charge >= 0.3 is 11.9 Å². The van der Waals surface area contributed by atoms with Crippen LogP contribution >= 0.6 is 0 Å². The Bertz CT molecular complexity index is 582. The van der Waals surface area contributed by atoms with Gasteiger partial charge in [-0.1, -0.05) is 34.1 Å². The molecule has 5 heteroatoms. The predicted molar refractivity (Wildman–Crippen MR) is 109 cm³/mol. The van der Waals surface area contributed by atoms with Crippen LogP contribution in [-0.4, -0.2) is 35.9 Å². The Labute approximate surface area is 170 Å². The lowest BCUT2D eigenvalue weighted by atomic mass is 9.44. The summed E-state index contributed by atoms with van der Waals surface area (Å²) >= 11 is 0. The Balaban J connectivity index is 2.29. The minimum atomic E-state index is -0.899. The van der Waals surface area contributed by atoms with E-state index < -0.39 is 5.60 Å². The molecule has 162 valence electrons. The molecule has 6 atom stereocenters. The lowest BCUT2D eigenvalue weighted by molar-refractivity contribution is -0.225. The van der Waals surface area contributed by atoms with Gasteiger partial charge in [0.25, 0.3) is 0 Å². The van der Waals surface area contributed by atoms with Crippen LogP contribution in [0.4, 0.5) is 0 Å². The van der Waals surface area contributed by atoms with E-state index in [1.165, 1.54) is 14.0 Å². The van der Waals surface area contributed by atoms with Gasteiger partial charge in [0.2, 0.25) is 0 Å². The van der Waals surface area contributed by atoms with E-state index in [1.807, 2.05) is 6.92 Å². The first-order chi connectivity index (χ1) is 12.8. The summed E-state index contributed by atoms with van der Waals surface area (Å²) in [5, 5.41) is 11.4. The molecule has 0 aromatic heterocycles. The number of rotatable bonds is 6. The molecule has 1 N–H and O–H groups in total. The van der Waals surface area contributed by atoms with Crippen molar-refractivity contribution in [2.45, 2.75) is 98.2 Å². The molecule has 0 aromatic carbocycles. The zero-order chi connectivity index (χ0) is 21.3. The van der Waals surface area contributed by atoms with E-state index in [4.69, 9.17) is 9.47 Å². The van der Waals surface area contributed by atoms with Crippen LogP contribution in [0.2, 0.25) is 0 Å². The monoisotopic (exact) mass is 396 g/mol. The van der Waals surface area contributed by atoms with Crippen LogP contribution in [0.15, 0.2) is 0 Å². The van der Waals surface area contributed by atoms with Gasteiger partial charge < -0.3 is 14.6 Å². The molecule has 2 rings (SSSR count). The maximum atomic E-state index is 11.8. The second-order valence-corrected chi connectivity index (χ2v) is 10.6. The Morgan fingerprint density at radius 2 is 1.82 bits per heavy atom. The molecule has 0 heterocycles. The van der Waals surface area contributed by atoms with E-state index in [0.717, 1.165) is 32.1 Å². The van der Waals surface area contributed by atoms with Gasteiger partial charge in [-0.05, 0) is 55.3 Å². The molecule has 28 heavy (non-hydrogen) atoms. The van der Waals surface area contributed by atoms with Gasteiger partial charge in [0.05, 0.1) is 12.7 Å². The van der Waals surface area contributed by atoms with Crippen LogP contribution in [0.25, 0.3) is 0 Å². The van der Waals surface area contributed by atoms with Gasteiger partial charge in [-0.2, -0.15) is 0 Å². The number of fused-ring (bicyclic) bond motifs is 1. The Morgan fingerprint density at radius 3 is 2.39 bits per heavy atom. The first-order valence-corrected chi connectivity index (χ1v) is 10.8. The second kappa shape index (κ2) is 8.33. The third-order valence-electron chi connectivity index (χ3n) is 7.63. The normalized spacial score (nSPS) is 38.2. The first kappa shape index (κ1) is 23.2. The minimum absolute atomic E-state index is 0.0551. The van der Waals surface area contributed by atoms with Crippen molar-refractivity contribution in [3.8, 4) is 0 Å². The lowest BCUT2D eigenvalue weighted by Gasteiger charge is -2.63. The van der Waals surface area contributed by atoms with Crippen LogP contribution in [0.5, 0.6) is 0 Å². The van der Waals surface area contributed by atoms with E-state index in [9.17, 15) is 14.7 Å². The number of hydrogen-bond acceptors (Lipinski definition) is 5. The van der Waals surface area contributed by atoms with Crippen molar-refractivity contribution in [3.05, 3.63) is 0 Å². The molecule has 2 fully saturated rings. The molecule has 0 saturated heterocycles. The Kier molecular flexibility index (Phi) is 6.90. The summed E-state index contributed by atoms with van der Waals surface area (Å²) in [5.41, 5.74) is -0.947. The summed E-state index contributed by atoms with van der Waals surface area (Å²) in [6.07, 6.45) is 5.63. The fraction of sp³-hybridized carbons (Fsp3) is 0.913. The molecule has 0 aliphatic heterocycles. The van der Waals surface area contributed by atoms with E-state index in [2.05, 4.69) is 27.7 Å². The van der Waals surface area contributed by atoms with Crippen LogP contribution in [-0.2, 0) is 19.1 Å². The fourth-order valence-electron chi connectivity index (χ4n) is 6.71. The average molecular weight is 397 g/mol. The number of aliphatic hydroxyl groups is 1. The van der Waals surface area contributed by atoms with Gasteiger partial charge in [0, 0.05) is 25.7 Å². The Hall–Kier alpha value is -1.10.